The lowest BCUT2D eigenvalue weighted by molar-refractivity contribution is 0.0414. The molecule has 1 aromatic carbocycles. The monoisotopic (exact) mass is 506 g/mol. The summed E-state index contributed by atoms with van der Waals surface area (Å²) in [6.45, 7) is 5.71. The summed E-state index contributed by atoms with van der Waals surface area (Å²) in [5, 5.41) is 1.63. The largest absolute Gasteiger partial charge is 0.449 e. The van der Waals surface area contributed by atoms with Gasteiger partial charge in [-0.2, -0.15) is 0 Å². The Morgan fingerprint density at radius 2 is 1.97 bits per heavy atom. The zero-order valence-corrected chi connectivity index (χ0v) is 21.5. The quantitative estimate of drug-likeness (QED) is 0.483. The van der Waals surface area contributed by atoms with Gasteiger partial charge in [0.25, 0.3) is 5.91 Å². The van der Waals surface area contributed by atoms with Gasteiger partial charge in [-0.3, -0.25) is 14.8 Å². The van der Waals surface area contributed by atoms with Crippen LogP contribution in [0.5, 0.6) is 0 Å². The molecule has 2 aliphatic rings. The van der Waals surface area contributed by atoms with Crippen LogP contribution in [0.4, 0.5) is 4.79 Å². The van der Waals surface area contributed by atoms with Gasteiger partial charge in [-0.25, -0.2) is 4.79 Å². The van der Waals surface area contributed by atoms with Crippen molar-refractivity contribution in [3.63, 3.8) is 0 Å². The topological polar surface area (TPSA) is 75.6 Å². The highest BCUT2D eigenvalue weighted by atomic mass is 35.5. The minimum absolute atomic E-state index is 0.0590. The Bertz CT molecular complexity index is 1280. The number of aromatic nitrogens is 2. The van der Waals surface area contributed by atoms with Crippen LogP contribution in [0.25, 0.3) is 10.9 Å². The lowest BCUT2D eigenvalue weighted by Crippen LogP contribution is -2.55. The molecule has 0 radical (unpaired) electrons. The summed E-state index contributed by atoms with van der Waals surface area (Å²) in [6, 6.07) is 9.63. The van der Waals surface area contributed by atoms with Crippen molar-refractivity contribution in [1.29, 1.82) is 0 Å². The number of amides is 2. The lowest BCUT2D eigenvalue weighted by atomic mass is 9.82. The molecule has 1 aliphatic carbocycles. The van der Waals surface area contributed by atoms with Crippen molar-refractivity contribution in [2.24, 2.45) is 0 Å². The summed E-state index contributed by atoms with van der Waals surface area (Å²) < 4.78 is 5.26. The van der Waals surface area contributed by atoms with Gasteiger partial charge < -0.3 is 14.5 Å². The number of fused-ring (bicyclic) bond motifs is 2. The molecule has 0 spiro atoms. The number of carbonyl (C=O) groups is 2. The second-order valence-corrected chi connectivity index (χ2v) is 10.1. The zero-order valence-electron chi connectivity index (χ0n) is 20.7. The van der Waals surface area contributed by atoms with Gasteiger partial charge in [-0.05, 0) is 73.9 Å². The Hall–Kier alpha value is -3.19. The van der Waals surface area contributed by atoms with Gasteiger partial charge in [0.15, 0.2) is 0 Å². The molecule has 1 aliphatic heterocycles. The average Bonchev–Trinajstić information content (AvgIpc) is 2.91. The van der Waals surface area contributed by atoms with E-state index in [0.29, 0.717) is 37.7 Å². The number of hydrogen-bond acceptors (Lipinski definition) is 5. The minimum atomic E-state index is -0.310. The molecule has 5 rings (SSSR count). The first kappa shape index (κ1) is 24.5. The van der Waals surface area contributed by atoms with E-state index in [0.717, 1.165) is 52.9 Å². The molecule has 188 valence electrons. The molecule has 0 N–H and O–H groups in total. The van der Waals surface area contributed by atoms with Crippen molar-refractivity contribution < 1.29 is 14.3 Å². The van der Waals surface area contributed by atoms with E-state index in [1.807, 2.05) is 49.3 Å². The average molecular weight is 507 g/mol. The van der Waals surface area contributed by atoms with Crippen molar-refractivity contribution in [3.8, 4) is 0 Å². The van der Waals surface area contributed by atoms with Gasteiger partial charge in [0.05, 0.1) is 17.1 Å². The minimum Gasteiger partial charge on any atom is -0.449 e. The van der Waals surface area contributed by atoms with Crippen LogP contribution in [0.1, 0.15) is 59.8 Å². The molecule has 1 unspecified atom stereocenters. The van der Waals surface area contributed by atoms with E-state index in [9.17, 15) is 9.59 Å². The number of benzene rings is 1. The fourth-order valence-corrected chi connectivity index (χ4v) is 5.68. The summed E-state index contributed by atoms with van der Waals surface area (Å²) in [7, 11) is 0. The summed E-state index contributed by atoms with van der Waals surface area (Å²) in [4.78, 5) is 38.3. The number of ether oxygens (including phenoxy) is 1. The van der Waals surface area contributed by atoms with Crippen molar-refractivity contribution in [1.82, 2.24) is 19.8 Å². The molecule has 7 nitrogen and oxygen atoms in total. The van der Waals surface area contributed by atoms with E-state index in [2.05, 4.69) is 17.1 Å². The van der Waals surface area contributed by atoms with Crippen LogP contribution >= 0.6 is 11.6 Å². The van der Waals surface area contributed by atoms with Crippen LogP contribution in [0.2, 0.25) is 5.02 Å². The molecular formula is C28H31ClN4O3. The van der Waals surface area contributed by atoms with Gasteiger partial charge >= 0.3 is 6.09 Å². The van der Waals surface area contributed by atoms with Gasteiger partial charge in [0, 0.05) is 54.7 Å². The van der Waals surface area contributed by atoms with Crippen LogP contribution in [0.3, 0.4) is 0 Å². The van der Waals surface area contributed by atoms with Crippen LogP contribution < -0.4 is 0 Å². The number of halogens is 1. The number of carbonyl (C=O) groups excluding carboxylic acids is 2. The Balaban J connectivity index is 1.36. The van der Waals surface area contributed by atoms with E-state index in [4.69, 9.17) is 21.3 Å². The molecular weight excluding hydrogens is 476 g/mol. The Morgan fingerprint density at radius 3 is 2.72 bits per heavy atom. The first-order chi connectivity index (χ1) is 17.5. The van der Waals surface area contributed by atoms with Crippen LogP contribution in [-0.2, 0) is 17.6 Å². The maximum absolute atomic E-state index is 13.4. The first-order valence-electron chi connectivity index (χ1n) is 12.7. The third-order valence-electron chi connectivity index (χ3n) is 7.29. The summed E-state index contributed by atoms with van der Waals surface area (Å²) in [5.41, 5.74) is 4.73. The molecule has 1 fully saturated rings. The van der Waals surface area contributed by atoms with Crippen LogP contribution in [-0.4, -0.2) is 64.1 Å². The summed E-state index contributed by atoms with van der Waals surface area (Å²) in [6.07, 6.45) is 6.86. The number of nitrogens with zero attached hydrogens (tertiary/aromatic N) is 4. The lowest BCUT2D eigenvalue weighted by Gasteiger charge is -2.39. The van der Waals surface area contributed by atoms with Gasteiger partial charge in [-0.15, -0.1) is 0 Å². The number of hydrogen-bond donors (Lipinski definition) is 0. The highest BCUT2D eigenvalue weighted by molar-refractivity contribution is 6.36. The van der Waals surface area contributed by atoms with Crippen molar-refractivity contribution in [2.45, 2.75) is 51.5 Å². The standard InChI is InChI=1S/C28H31ClN4O3/c1-3-14-36-28(35)32-12-13-33(18(2)17-32)27(34)21-5-7-23-25(16-21)31-24-15-20(4-6-22(24)26(23)29)19-8-10-30-11-9-19/h5,7-11,16,18,20H,3-4,6,12-15,17H2,1-2H3/t18-,20?/m1/s1. The van der Waals surface area contributed by atoms with Crippen LogP contribution in [0, 0.1) is 0 Å². The Labute approximate surface area is 216 Å². The highest BCUT2D eigenvalue weighted by Gasteiger charge is 2.31. The normalized spacial score (nSPS) is 19.8. The molecule has 0 bridgehead atoms. The zero-order chi connectivity index (χ0) is 25.2. The van der Waals surface area contributed by atoms with E-state index >= 15 is 0 Å². The molecule has 3 heterocycles. The maximum atomic E-state index is 13.4. The van der Waals surface area contributed by atoms with E-state index in [-0.39, 0.29) is 18.0 Å². The van der Waals surface area contributed by atoms with E-state index in [1.165, 1.54) is 5.56 Å². The summed E-state index contributed by atoms with van der Waals surface area (Å²) >= 11 is 6.84. The smallest absolute Gasteiger partial charge is 0.409 e. The molecule has 3 aromatic rings. The van der Waals surface area contributed by atoms with Crippen LogP contribution in [0.15, 0.2) is 42.7 Å². The molecule has 2 atom stereocenters. The molecule has 8 heteroatoms. The predicted molar refractivity (Wildman–Crippen MR) is 139 cm³/mol. The number of rotatable bonds is 4. The fourth-order valence-electron chi connectivity index (χ4n) is 5.31. The van der Waals surface area contributed by atoms with Crippen molar-refractivity contribution >= 4 is 34.5 Å². The van der Waals surface area contributed by atoms with Gasteiger partial charge in [0.2, 0.25) is 0 Å². The molecule has 1 saturated heterocycles. The molecule has 0 saturated carbocycles. The molecule has 36 heavy (non-hydrogen) atoms. The van der Waals surface area contributed by atoms with E-state index < -0.39 is 0 Å². The number of pyridine rings is 2. The van der Waals surface area contributed by atoms with Crippen molar-refractivity contribution in [3.05, 3.63) is 70.1 Å². The van der Waals surface area contributed by atoms with Crippen molar-refractivity contribution in [2.75, 3.05) is 26.2 Å². The molecule has 2 aromatic heterocycles. The maximum Gasteiger partial charge on any atom is 0.409 e. The predicted octanol–water partition coefficient (Wildman–Crippen LogP) is 5.25. The second kappa shape index (κ2) is 10.4. The Kier molecular flexibility index (Phi) is 7.10. The SMILES string of the molecule is CCCOC(=O)N1CCN(C(=O)c2ccc3c(Cl)c4c(nc3c2)CC(c2ccncc2)CC4)[C@H](C)C1. The third kappa shape index (κ3) is 4.76. The second-order valence-electron chi connectivity index (χ2n) is 9.71. The highest BCUT2D eigenvalue weighted by Crippen LogP contribution is 2.38. The summed E-state index contributed by atoms with van der Waals surface area (Å²) in [5.74, 6) is 0.323. The fraction of sp³-hybridized carbons (Fsp3) is 0.429. The molecule has 2 amide bonds. The van der Waals surface area contributed by atoms with Gasteiger partial charge in [-0.1, -0.05) is 24.6 Å². The Morgan fingerprint density at radius 1 is 1.17 bits per heavy atom. The first-order valence-corrected chi connectivity index (χ1v) is 13.1. The van der Waals surface area contributed by atoms with E-state index in [1.54, 1.807) is 4.90 Å². The van der Waals surface area contributed by atoms with Gasteiger partial charge in [0.1, 0.15) is 0 Å². The third-order valence-corrected chi connectivity index (χ3v) is 7.72. The number of piperazine rings is 1.